The molecule has 0 saturated heterocycles. The van der Waals surface area contributed by atoms with E-state index in [4.69, 9.17) is 9.47 Å². The third kappa shape index (κ3) is 7.56. The van der Waals surface area contributed by atoms with Crippen molar-refractivity contribution in [2.24, 2.45) is 11.8 Å². The van der Waals surface area contributed by atoms with Crippen molar-refractivity contribution in [3.8, 4) is 0 Å². The first kappa shape index (κ1) is 24.1. The van der Waals surface area contributed by atoms with Crippen LogP contribution >= 0.6 is 0 Å². The maximum atomic E-state index is 11.9. The molecule has 1 fully saturated rings. The van der Waals surface area contributed by atoms with Crippen LogP contribution in [0.15, 0.2) is 12.4 Å². The Labute approximate surface area is 180 Å². The van der Waals surface area contributed by atoms with E-state index in [1.807, 2.05) is 0 Å². The zero-order chi connectivity index (χ0) is 22.8. The average molecular weight is 432 g/mol. The van der Waals surface area contributed by atoms with Crippen molar-refractivity contribution >= 4 is 23.8 Å². The molecule has 10 nitrogen and oxygen atoms in total. The number of hydrogen-bond donors (Lipinski definition) is 2. The fraction of sp³-hybridized carbons (Fsp3) is 0.524. The standard InChI is InChI=1S/C14H18N2O4.C7H10N2O2/c1-9(18)13-15-6-12(16-13)8-20-14(19)11-4-2-3-10(5-11)7-17;1-5(10)7-8-3-6(9-7)4-11-2/h6-7,10-11H,2-5,8H2,1H3,(H,15,16);3H,4H2,1-2H3,(H,8,9). The molecule has 2 heterocycles. The average Bonchev–Trinajstić information content (AvgIpc) is 3.43. The zero-order valence-corrected chi connectivity index (χ0v) is 18.0. The summed E-state index contributed by atoms with van der Waals surface area (Å²) in [6, 6.07) is 0. The number of imidazole rings is 2. The highest BCUT2D eigenvalue weighted by Gasteiger charge is 2.28. The molecule has 1 saturated carbocycles. The van der Waals surface area contributed by atoms with Gasteiger partial charge in [0.05, 0.1) is 36.3 Å². The lowest BCUT2D eigenvalue weighted by Gasteiger charge is -2.24. The molecule has 1 aliphatic carbocycles. The van der Waals surface area contributed by atoms with Gasteiger partial charge in [0.2, 0.25) is 0 Å². The molecule has 2 atom stereocenters. The van der Waals surface area contributed by atoms with Gasteiger partial charge in [0.25, 0.3) is 0 Å². The number of esters is 1. The van der Waals surface area contributed by atoms with Crippen LogP contribution in [-0.4, -0.2) is 50.9 Å². The van der Waals surface area contributed by atoms with Crippen LogP contribution in [0.1, 0.15) is 72.2 Å². The summed E-state index contributed by atoms with van der Waals surface area (Å²) >= 11 is 0. The van der Waals surface area contributed by atoms with E-state index in [2.05, 4.69) is 19.9 Å². The van der Waals surface area contributed by atoms with Crippen LogP contribution in [0, 0.1) is 11.8 Å². The number of carbonyl (C=O) groups is 4. The Morgan fingerprint density at radius 3 is 2.10 bits per heavy atom. The molecule has 2 unspecified atom stereocenters. The summed E-state index contributed by atoms with van der Waals surface area (Å²) in [5.74, 6) is -0.0923. The van der Waals surface area contributed by atoms with Crippen LogP contribution in [0.5, 0.6) is 0 Å². The zero-order valence-electron chi connectivity index (χ0n) is 18.0. The van der Waals surface area contributed by atoms with Crippen molar-refractivity contribution in [1.82, 2.24) is 19.9 Å². The number of nitrogens with zero attached hydrogens (tertiary/aromatic N) is 2. The van der Waals surface area contributed by atoms with Gasteiger partial charge in [-0.25, -0.2) is 9.97 Å². The van der Waals surface area contributed by atoms with E-state index >= 15 is 0 Å². The first-order chi connectivity index (χ1) is 14.8. The minimum atomic E-state index is -0.282. The molecule has 0 bridgehead atoms. The molecule has 0 spiro atoms. The minimum absolute atomic E-state index is 0.0298. The predicted molar refractivity (Wildman–Crippen MR) is 109 cm³/mol. The lowest BCUT2D eigenvalue weighted by molar-refractivity contribution is -0.151. The van der Waals surface area contributed by atoms with Gasteiger partial charge in [-0.3, -0.25) is 14.4 Å². The van der Waals surface area contributed by atoms with E-state index in [0.717, 1.165) is 31.2 Å². The number of rotatable bonds is 8. The molecule has 0 amide bonds. The molecule has 31 heavy (non-hydrogen) atoms. The van der Waals surface area contributed by atoms with Crippen molar-refractivity contribution in [1.29, 1.82) is 0 Å². The van der Waals surface area contributed by atoms with Gasteiger partial charge >= 0.3 is 5.97 Å². The van der Waals surface area contributed by atoms with Gasteiger partial charge in [-0.05, 0) is 19.3 Å². The maximum absolute atomic E-state index is 11.9. The maximum Gasteiger partial charge on any atom is 0.309 e. The Bertz CT molecular complexity index is 903. The minimum Gasteiger partial charge on any atom is -0.459 e. The van der Waals surface area contributed by atoms with Gasteiger partial charge in [0.15, 0.2) is 23.2 Å². The normalized spacial score (nSPS) is 17.9. The second-order valence-electron chi connectivity index (χ2n) is 7.43. The van der Waals surface area contributed by atoms with Crippen molar-refractivity contribution in [2.75, 3.05) is 7.11 Å². The van der Waals surface area contributed by atoms with Crippen LogP contribution < -0.4 is 0 Å². The van der Waals surface area contributed by atoms with E-state index in [-0.39, 0.29) is 41.8 Å². The predicted octanol–water partition coefficient (Wildman–Crippen LogP) is 2.42. The summed E-state index contributed by atoms with van der Waals surface area (Å²) in [7, 11) is 1.59. The highest BCUT2D eigenvalue weighted by molar-refractivity contribution is 5.90. The molecule has 10 heteroatoms. The lowest BCUT2D eigenvalue weighted by atomic mass is 9.82. The Morgan fingerprint density at radius 2 is 1.61 bits per heavy atom. The first-order valence-corrected chi connectivity index (χ1v) is 10.0. The fourth-order valence-corrected chi connectivity index (χ4v) is 3.21. The van der Waals surface area contributed by atoms with Crippen molar-refractivity contribution in [3.05, 3.63) is 35.4 Å². The number of H-pyrrole nitrogens is 2. The number of ether oxygens (including phenoxy) is 2. The molecule has 0 radical (unpaired) electrons. The molecular weight excluding hydrogens is 404 g/mol. The largest absolute Gasteiger partial charge is 0.459 e. The summed E-state index contributed by atoms with van der Waals surface area (Å²) in [6.07, 6.45) is 7.08. The second-order valence-corrected chi connectivity index (χ2v) is 7.43. The molecule has 1 aliphatic rings. The summed E-state index contributed by atoms with van der Waals surface area (Å²) < 4.78 is 10.1. The third-order valence-electron chi connectivity index (χ3n) is 4.83. The number of methoxy groups -OCH3 is 1. The first-order valence-electron chi connectivity index (χ1n) is 10.0. The van der Waals surface area contributed by atoms with Crippen LogP contribution in [0.2, 0.25) is 0 Å². The second kappa shape index (κ2) is 11.9. The Hall–Kier alpha value is -3.14. The summed E-state index contributed by atoms with van der Waals surface area (Å²) in [5, 5.41) is 0. The van der Waals surface area contributed by atoms with E-state index in [1.165, 1.54) is 20.0 Å². The van der Waals surface area contributed by atoms with Crippen molar-refractivity contribution in [2.45, 2.75) is 52.7 Å². The lowest BCUT2D eigenvalue weighted by Crippen LogP contribution is -2.25. The van der Waals surface area contributed by atoms with E-state index in [0.29, 0.717) is 24.5 Å². The fourth-order valence-electron chi connectivity index (χ4n) is 3.21. The molecule has 2 aromatic rings. The smallest absolute Gasteiger partial charge is 0.309 e. The van der Waals surface area contributed by atoms with Crippen LogP contribution in [0.25, 0.3) is 0 Å². The molecule has 2 N–H and O–H groups in total. The number of hydrogen-bond acceptors (Lipinski definition) is 8. The molecular formula is C21H28N4O6. The Morgan fingerprint density at radius 1 is 1.03 bits per heavy atom. The van der Waals surface area contributed by atoms with E-state index in [1.54, 1.807) is 13.3 Å². The molecule has 3 rings (SSSR count). The number of Topliss-reactive ketones (excluding diaryl/α,β-unsaturated/α-hetero) is 2. The van der Waals surface area contributed by atoms with Gasteiger partial charge in [-0.15, -0.1) is 0 Å². The quantitative estimate of drug-likeness (QED) is 0.368. The highest BCUT2D eigenvalue weighted by atomic mass is 16.5. The van der Waals surface area contributed by atoms with Crippen LogP contribution in [-0.2, 0) is 32.3 Å². The van der Waals surface area contributed by atoms with Crippen LogP contribution in [0.3, 0.4) is 0 Å². The molecule has 2 aromatic heterocycles. The van der Waals surface area contributed by atoms with Gasteiger partial charge in [-0.1, -0.05) is 6.42 Å². The number of carbonyl (C=O) groups excluding carboxylic acids is 4. The summed E-state index contributed by atoms with van der Waals surface area (Å²) in [5.41, 5.74) is 1.41. The molecule has 0 aromatic carbocycles. The van der Waals surface area contributed by atoms with Gasteiger partial charge in [0, 0.05) is 26.9 Å². The topological polar surface area (TPSA) is 144 Å². The number of aromatic amines is 2. The number of nitrogens with one attached hydrogen (secondary N) is 2. The summed E-state index contributed by atoms with van der Waals surface area (Å²) in [4.78, 5) is 57.9. The van der Waals surface area contributed by atoms with Gasteiger partial charge in [-0.2, -0.15) is 0 Å². The van der Waals surface area contributed by atoms with Crippen molar-refractivity contribution < 1.29 is 28.7 Å². The summed E-state index contributed by atoms with van der Waals surface area (Å²) in [6.45, 7) is 3.41. The number of ketones is 2. The number of aromatic nitrogens is 4. The number of aldehydes is 1. The van der Waals surface area contributed by atoms with E-state index in [9.17, 15) is 19.2 Å². The van der Waals surface area contributed by atoms with Gasteiger partial charge < -0.3 is 24.2 Å². The highest BCUT2D eigenvalue weighted by Crippen LogP contribution is 2.28. The third-order valence-corrected chi connectivity index (χ3v) is 4.83. The van der Waals surface area contributed by atoms with Gasteiger partial charge in [0.1, 0.15) is 12.9 Å². The van der Waals surface area contributed by atoms with Crippen molar-refractivity contribution in [3.63, 3.8) is 0 Å². The molecule has 0 aliphatic heterocycles. The monoisotopic (exact) mass is 432 g/mol. The SMILES string of the molecule is CC(=O)c1ncc(COC(=O)C2CCCC(C=O)C2)[nH]1.COCc1cnc(C(C)=O)[nH]1. The van der Waals surface area contributed by atoms with E-state index < -0.39 is 0 Å². The Balaban J connectivity index is 0.000000262. The molecule has 168 valence electrons. The Kier molecular flexibility index (Phi) is 9.26. The van der Waals surface area contributed by atoms with Crippen LogP contribution in [0.4, 0.5) is 0 Å².